The number of rotatable bonds is 7. The zero-order chi connectivity index (χ0) is 30.0. The smallest absolute Gasteiger partial charge is 0.416 e. The second-order valence-electron chi connectivity index (χ2n) is 10.0. The molecule has 0 radical (unpaired) electrons. The molecule has 2 aliphatic heterocycles. The lowest BCUT2D eigenvalue weighted by atomic mass is 10.1. The number of hydrazine groups is 2. The van der Waals surface area contributed by atoms with Gasteiger partial charge in [-0.05, 0) is 57.2 Å². The Hall–Kier alpha value is -4.25. The highest BCUT2D eigenvalue weighted by molar-refractivity contribution is 7.92. The van der Waals surface area contributed by atoms with Crippen molar-refractivity contribution in [3.05, 3.63) is 48.0 Å². The Morgan fingerprint density at radius 1 is 1.17 bits per heavy atom. The quantitative estimate of drug-likeness (QED) is 0.322. The molecule has 0 saturated heterocycles. The van der Waals surface area contributed by atoms with Crippen molar-refractivity contribution in [2.75, 3.05) is 22.7 Å². The molecule has 0 aromatic heterocycles. The first kappa shape index (κ1) is 29.7. The van der Waals surface area contributed by atoms with Crippen LogP contribution in [0.25, 0.3) is 0 Å². The highest BCUT2D eigenvalue weighted by atomic mass is 32.2. The molecule has 0 fully saturated rings. The Balaban J connectivity index is 1.64. The number of ether oxygens (including phenoxy) is 2. The van der Waals surface area contributed by atoms with Crippen molar-refractivity contribution in [2.45, 2.75) is 50.0 Å². The highest BCUT2D eigenvalue weighted by Crippen LogP contribution is 2.40. The summed E-state index contributed by atoms with van der Waals surface area (Å²) < 4.78 is 79.6. The summed E-state index contributed by atoms with van der Waals surface area (Å²) in [5.41, 5.74) is 5.76. The summed E-state index contributed by atoms with van der Waals surface area (Å²) in [4.78, 5) is 24.3. The largest absolute Gasteiger partial charge is 0.486 e. The third-order valence-electron chi connectivity index (χ3n) is 5.60. The lowest BCUT2D eigenvalue weighted by molar-refractivity contribution is -0.137. The molecule has 5 N–H and O–H groups in total. The Morgan fingerprint density at radius 2 is 1.93 bits per heavy atom. The van der Waals surface area contributed by atoms with Crippen molar-refractivity contribution in [2.24, 2.45) is 5.10 Å². The summed E-state index contributed by atoms with van der Waals surface area (Å²) >= 11 is 0. The number of halogens is 3. The Kier molecular flexibility index (Phi) is 8.21. The Bertz CT molecular complexity index is 1460. The van der Waals surface area contributed by atoms with Gasteiger partial charge in [-0.1, -0.05) is 6.07 Å². The third kappa shape index (κ3) is 7.49. The van der Waals surface area contributed by atoms with Gasteiger partial charge in [0.1, 0.15) is 17.5 Å². The number of nitrogens with one attached hydrogen (secondary N) is 5. The van der Waals surface area contributed by atoms with E-state index in [-0.39, 0.29) is 30.1 Å². The predicted molar refractivity (Wildman–Crippen MR) is 141 cm³/mol. The number of alkyl halides is 3. The van der Waals surface area contributed by atoms with E-state index in [2.05, 4.69) is 32.2 Å². The molecule has 2 heterocycles. The maximum absolute atomic E-state index is 13.7. The van der Waals surface area contributed by atoms with Crippen LogP contribution in [0.15, 0.2) is 52.5 Å². The fraction of sp³-hybridized carbons (Fsp3) is 0.375. The molecule has 2 aromatic carbocycles. The molecular weight excluding hydrogens is 571 g/mol. The topological polar surface area (TPSA) is 162 Å². The normalized spacial score (nSPS) is 16.9. The molecule has 17 heteroatoms. The molecule has 0 aliphatic carbocycles. The van der Waals surface area contributed by atoms with Gasteiger partial charge in [-0.25, -0.2) is 18.7 Å². The number of sulfonamides is 1. The van der Waals surface area contributed by atoms with Crippen LogP contribution < -0.4 is 36.2 Å². The molecular formula is C24H28F3N7O6S. The van der Waals surface area contributed by atoms with Gasteiger partial charge in [-0.15, -0.1) is 10.6 Å². The lowest BCUT2D eigenvalue weighted by Crippen LogP contribution is -2.46. The fourth-order valence-electron chi connectivity index (χ4n) is 3.87. The number of amidine groups is 1. The summed E-state index contributed by atoms with van der Waals surface area (Å²) in [7, 11) is -4.59. The Morgan fingerprint density at radius 3 is 2.59 bits per heavy atom. The number of amides is 2. The number of fused-ring (bicyclic) bond motifs is 1. The van der Waals surface area contributed by atoms with Crippen LogP contribution in [-0.2, 0) is 25.7 Å². The standard InChI is InChI=1S/C24H28F3N7O6S/c1-23(2,3)40-22(36)29-15-7-8-19-18(10-15)34(41(37,38)17-6-4-5-14(9-17)24(25,26)27)13-16(39-19)11-21(35)28-12-20-30-32-33-31-20/h4-10,16,32-33H,11-13H2,1-3H3,(H,28,35)(H,29,36)(H,30,31)/t16-/m0/s1. The number of carbonyl (C=O) groups is 2. The summed E-state index contributed by atoms with van der Waals surface area (Å²) in [5.74, 6) is -0.0592. The molecule has 1 atom stereocenters. The van der Waals surface area contributed by atoms with E-state index in [9.17, 15) is 31.2 Å². The number of hydrazone groups is 1. The molecule has 0 unspecified atom stereocenters. The number of hydrogen-bond donors (Lipinski definition) is 5. The van der Waals surface area contributed by atoms with Crippen LogP contribution in [-0.4, -0.2) is 51.0 Å². The molecule has 0 spiro atoms. The monoisotopic (exact) mass is 599 g/mol. The second-order valence-corrected chi connectivity index (χ2v) is 11.9. The van der Waals surface area contributed by atoms with E-state index in [0.717, 1.165) is 22.5 Å². The second kappa shape index (κ2) is 11.3. The number of carbonyl (C=O) groups excluding carboxylic acids is 2. The summed E-state index contributed by atoms with van der Waals surface area (Å²) in [6, 6.07) is 7.45. The van der Waals surface area contributed by atoms with Gasteiger partial charge in [0.05, 0.1) is 35.7 Å². The van der Waals surface area contributed by atoms with Crippen molar-refractivity contribution in [1.29, 1.82) is 0 Å². The van der Waals surface area contributed by atoms with Crippen LogP contribution in [0.4, 0.5) is 29.3 Å². The van der Waals surface area contributed by atoms with Gasteiger partial charge in [-0.2, -0.15) is 13.2 Å². The Labute approximate surface area is 233 Å². The van der Waals surface area contributed by atoms with E-state index >= 15 is 0 Å². The number of hydrogen-bond acceptors (Lipinski definition) is 10. The molecule has 2 aromatic rings. The highest BCUT2D eigenvalue weighted by Gasteiger charge is 2.38. The lowest BCUT2D eigenvalue weighted by Gasteiger charge is -2.35. The van der Waals surface area contributed by atoms with Crippen LogP contribution in [0, 0.1) is 0 Å². The van der Waals surface area contributed by atoms with E-state index < -0.39 is 56.9 Å². The van der Waals surface area contributed by atoms with Gasteiger partial charge in [-0.3, -0.25) is 19.8 Å². The van der Waals surface area contributed by atoms with Crippen LogP contribution in [0.2, 0.25) is 0 Å². The van der Waals surface area contributed by atoms with Crippen molar-refractivity contribution in [1.82, 2.24) is 21.8 Å². The van der Waals surface area contributed by atoms with Crippen molar-refractivity contribution in [3.8, 4) is 5.75 Å². The molecule has 2 amide bonds. The number of benzene rings is 2. The molecule has 13 nitrogen and oxygen atoms in total. The molecule has 0 saturated carbocycles. The van der Waals surface area contributed by atoms with Crippen molar-refractivity contribution >= 4 is 39.2 Å². The van der Waals surface area contributed by atoms with Gasteiger partial charge in [0, 0.05) is 5.69 Å². The van der Waals surface area contributed by atoms with Crippen LogP contribution in [0.1, 0.15) is 32.8 Å². The van der Waals surface area contributed by atoms with E-state index in [1.54, 1.807) is 20.8 Å². The van der Waals surface area contributed by atoms with Crippen LogP contribution in [0.5, 0.6) is 5.75 Å². The third-order valence-corrected chi connectivity index (χ3v) is 7.38. The van der Waals surface area contributed by atoms with E-state index in [1.165, 1.54) is 18.2 Å². The van der Waals surface area contributed by atoms with Crippen molar-refractivity contribution < 1.29 is 40.7 Å². The SMILES string of the molecule is CC(C)(C)OC(=O)Nc1ccc2c(c1)N(S(=O)(=O)c1cccc(C(F)(F)F)c1)C[C@H](CC(=O)NCC1=NNNN1)O2. The van der Waals surface area contributed by atoms with Crippen LogP contribution >= 0.6 is 0 Å². The maximum atomic E-state index is 13.7. The first-order valence-corrected chi connectivity index (χ1v) is 13.7. The van der Waals surface area contributed by atoms with Gasteiger partial charge >= 0.3 is 12.3 Å². The van der Waals surface area contributed by atoms with Crippen LogP contribution in [0.3, 0.4) is 0 Å². The van der Waals surface area contributed by atoms with Gasteiger partial charge in [0.2, 0.25) is 5.91 Å². The number of nitrogens with zero attached hydrogens (tertiary/aromatic N) is 2. The van der Waals surface area contributed by atoms with Gasteiger partial charge in [0.15, 0.2) is 5.84 Å². The first-order chi connectivity index (χ1) is 19.1. The average molecular weight is 600 g/mol. The molecule has 222 valence electrons. The summed E-state index contributed by atoms with van der Waals surface area (Å²) in [6.07, 6.45) is -6.85. The van der Waals surface area contributed by atoms with Gasteiger partial charge in [0.25, 0.3) is 10.0 Å². The fourth-order valence-corrected chi connectivity index (χ4v) is 5.42. The van der Waals surface area contributed by atoms with Gasteiger partial charge < -0.3 is 14.8 Å². The van der Waals surface area contributed by atoms with E-state index in [0.29, 0.717) is 11.9 Å². The van der Waals surface area contributed by atoms with Crippen molar-refractivity contribution in [3.63, 3.8) is 0 Å². The van der Waals surface area contributed by atoms with E-state index in [1.807, 2.05) is 0 Å². The minimum Gasteiger partial charge on any atom is -0.486 e. The number of anilines is 2. The zero-order valence-corrected chi connectivity index (χ0v) is 22.9. The molecule has 0 bridgehead atoms. The average Bonchev–Trinajstić information content (AvgIpc) is 3.39. The molecule has 4 rings (SSSR count). The first-order valence-electron chi connectivity index (χ1n) is 12.2. The molecule has 2 aliphatic rings. The predicted octanol–water partition coefficient (Wildman–Crippen LogP) is 2.44. The zero-order valence-electron chi connectivity index (χ0n) is 22.1. The molecule has 41 heavy (non-hydrogen) atoms. The maximum Gasteiger partial charge on any atom is 0.416 e. The van der Waals surface area contributed by atoms with E-state index in [4.69, 9.17) is 9.47 Å². The minimum atomic E-state index is -4.77. The summed E-state index contributed by atoms with van der Waals surface area (Å²) in [5, 5.41) is 8.93. The minimum absolute atomic E-state index is 0.0358. The summed E-state index contributed by atoms with van der Waals surface area (Å²) in [6.45, 7) is 4.63.